The van der Waals surface area contributed by atoms with E-state index in [9.17, 15) is 9.18 Å². The SMILES string of the molecule is CCCCCCCCCCCC(F)C(=O)O. The summed E-state index contributed by atoms with van der Waals surface area (Å²) in [4.78, 5) is 10.2. The van der Waals surface area contributed by atoms with E-state index in [1.165, 1.54) is 38.5 Å². The van der Waals surface area contributed by atoms with Gasteiger partial charge in [-0.15, -0.1) is 0 Å². The number of rotatable bonds is 11. The second-order valence-corrected chi connectivity index (χ2v) is 4.42. The van der Waals surface area contributed by atoms with Gasteiger partial charge in [0, 0.05) is 0 Å². The normalized spacial score (nSPS) is 12.6. The second kappa shape index (κ2) is 10.9. The van der Waals surface area contributed by atoms with Gasteiger partial charge in [0.05, 0.1) is 0 Å². The fraction of sp³-hybridized carbons (Fsp3) is 0.923. The zero-order valence-corrected chi connectivity index (χ0v) is 10.4. The van der Waals surface area contributed by atoms with E-state index in [0.717, 1.165) is 12.8 Å². The number of halogens is 1. The fourth-order valence-electron chi connectivity index (χ4n) is 1.76. The lowest BCUT2D eigenvalue weighted by Gasteiger charge is -2.03. The maximum atomic E-state index is 12.6. The van der Waals surface area contributed by atoms with Gasteiger partial charge >= 0.3 is 5.97 Å². The maximum absolute atomic E-state index is 12.6. The van der Waals surface area contributed by atoms with E-state index < -0.39 is 12.1 Å². The Hall–Kier alpha value is -0.600. The Kier molecular flexibility index (Phi) is 10.5. The van der Waals surface area contributed by atoms with Crippen LogP contribution in [0.25, 0.3) is 0 Å². The van der Waals surface area contributed by atoms with Crippen LogP contribution in [0.3, 0.4) is 0 Å². The van der Waals surface area contributed by atoms with Crippen LogP contribution in [-0.4, -0.2) is 17.2 Å². The first-order valence-corrected chi connectivity index (χ1v) is 6.55. The van der Waals surface area contributed by atoms with E-state index in [0.29, 0.717) is 6.42 Å². The van der Waals surface area contributed by atoms with Gasteiger partial charge in [-0.25, -0.2) is 9.18 Å². The molecule has 0 aromatic heterocycles. The molecule has 0 radical (unpaired) electrons. The molecule has 1 unspecified atom stereocenters. The third-order valence-electron chi connectivity index (χ3n) is 2.83. The summed E-state index contributed by atoms with van der Waals surface area (Å²) >= 11 is 0. The first kappa shape index (κ1) is 15.4. The molecule has 0 amide bonds. The summed E-state index contributed by atoms with van der Waals surface area (Å²) in [6.45, 7) is 2.20. The minimum absolute atomic E-state index is 0.172. The summed E-state index contributed by atoms with van der Waals surface area (Å²) in [7, 11) is 0. The Labute approximate surface area is 98.2 Å². The highest BCUT2D eigenvalue weighted by molar-refractivity contribution is 5.71. The number of hydrogen-bond donors (Lipinski definition) is 1. The van der Waals surface area contributed by atoms with E-state index >= 15 is 0 Å². The number of hydrogen-bond acceptors (Lipinski definition) is 1. The lowest BCUT2D eigenvalue weighted by atomic mass is 10.1. The molecule has 0 heterocycles. The summed E-state index contributed by atoms with van der Waals surface area (Å²) in [6.07, 6.45) is 8.95. The van der Waals surface area contributed by atoms with Gasteiger partial charge in [-0.1, -0.05) is 58.3 Å². The molecule has 0 rings (SSSR count). The monoisotopic (exact) mass is 232 g/mol. The lowest BCUT2D eigenvalue weighted by Crippen LogP contribution is -2.13. The van der Waals surface area contributed by atoms with E-state index in [4.69, 9.17) is 5.11 Å². The molecule has 2 nitrogen and oxygen atoms in total. The molecule has 16 heavy (non-hydrogen) atoms. The molecular formula is C13H25FO2. The van der Waals surface area contributed by atoms with E-state index in [1.54, 1.807) is 0 Å². The summed E-state index contributed by atoms with van der Waals surface area (Å²) in [5.41, 5.74) is 0. The molecule has 0 aliphatic heterocycles. The highest BCUT2D eigenvalue weighted by Crippen LogP contribution is 2.12. The minimum atomic E-state index is -1.66. The highest BCUT2D eigenvalue weighted by atomic mass is 19.1. The third-order valence-corrected chi connectivity index (χ3v) is 2.83. The topological polar surface area (TPSA) is 37.3 Å². The predicted octanol–water partition coefficient (Wildman–Crippen LogP) is 4.33. The van der Waals surface area contributed by atoms with Gasteiger partial charge in [0.1, 0.15) is 0 Å². The number of aliphatic carboxylic acids is 1. The van der Waals surface area contributed by atoms with Crippen molar-refractivity contribution in [2.24, 2.45) is 0 Å². The van der Waals surface area contributed by atoms with Gasteiger partial charge < -0.3 is 5.11 Å². The van der Waals surface area contributed by atoms with Gasteiger partial charge in [0.15, 0.2) is 6.17 Å². The molecule has 0 spiro atoms. The van der Waals surface area contributed by atoms with Crippen LogP contribution in [0.2, 0.25) is 0 Å². The Bertz CT molecular complexity index is 171. The van der Waals surface area contributed by atoms with Crippen molar-refractivity contribution in [2.45, 2.75) is 77.3 Å². The zero-order chi connectivity index (χ0) is 12.2. The second-order valence-electron chi connectivity index (χ2n) is 4.42. The van der Waals surface area contributed by atoms with Crippen LogP contribution in [0.5, 0.6) is 0 Å². The average Bonchev–Trinajstić information content (AvgIpc) is 2.26. The first-order chi connectivity index (χ1) is 7.68. The summed E-state index contributed by atoms with van der Waals surface area (Å²) in [6, 6.07) is 0. The summed E-state index contributed by atoms with van der Waals surface area (Å²) in [5, 5.41) is 8.33. The standard InChI is InChI=1S/C13H25FO2/c1-2-3-4-5-6-7-8-9-10-11-12(14)13(15)16/h12H,2-11H2,1H3,(H,15,16). The van der Waals surface area contributed by atoms with Gasteiger partial charge in [-0.3, -0.25) is 0 Å². The van der Waals surface area contributed by atoms with Crippen LogP contribution in [0.1, 0.15) is 71.1 Å². The van der Waals surface area contributed by atoms with Crippen molar-refractivity contribution < 1.29 is 14.3 Å². The largest absolute Gasteiger partial charge is 0.479 e. The van der Waals surface area contributed by atoms with Crippen molar-refractivity contribution >= 4 is 5.97 Å². The number of carboxylic acid groups (broad SMARTS) is 1. The van der Waals surface area contributed by atoms with E-state index in [2.05, 4.69) is 6.92 Å². The van der Waals surface area contributed by atoms with E-state index in [-0.39, 0.29) is 6.42 Å². The molecule has 0 aliphatic rings. The molecule has 0 saturated carbocycles. The number of carbonyl (C=O) groups is 1. The smallest absolute Gasteiger partial charge is 0.338 e. The molecule has 0 bridgehead atoms. The van der Waals surface area contributed by atoms with Crippen LogP contribution in [0, 0.1) is 0 Å². The van der Waals surface area contributed by atoms with Gasteiger partial charge in [0.25, 0.3) is 0 Å². The number of carboxylic acids is 1. The van der Waals surface area contributed by atoms with E-state index in [1.807, 2.05) is 0 Å². The first-order valence-electron chi connectivity index (χ1n) is 6.55. The van der Waals surface area contributed by atoms with Crippen LogP contribution in [0.4, 0.5) is 4.39 Å². The Morgan fingerprint density at radius 3 is 1.88 bits per heavy atom. The van der Waals surface area contributed by atoms with Crippen molar-refractivity contribution in [1.29, 1.82) is 0 Å². The average molecular weight is 232 g/mol. The molecule has 1 N–H and O–H groups in total. The molecule has 0 fully saturated rings. The Morgan fingerprint density at radius 2 is 1.44 bits per heavy atom. The van der Waals surface area contributed by atoms with Crippen molar-refractivity contribution in [3.8, 4) is 0 Å². The maximum Gasteiger partial charge on any atom is 0.338 e. The van der Waals surface area contributed by atoms with Gasteiger partial charge in [-0.2, -0.15) is 0 Å². The predicted molar refractivity (Wildman–Crippen MR) is 64.4 cm³/mol. The highest BCUT2D eigenvalue weighted by Gasteiger charge is 2.13. The molecule has 0 aliphatic carbocycles. The van der Waals surface area contributed by atoms with Crippen LogP contribution in [0.15, 0.2) is 0 Å². The third kappa shape index (κ3) is 9.94. The molecular weight excluding hydrogens is 207 g/mol. The van der Waals surface area contributed by atoms with Crippen LogP contribution in [-0.2, 0) is 4.79 Å². The molecule has 3 heteroatoms. The number of alkyl halides is 1. The molecule has 0 aromatic carbocycles. The van der Waals surface area contributed by atoms with Crippen molar-refractivity contribution in [2.75, 3.05) is 0 Å². The van der Waals surface area contributed by atoms with Gasteiger partial charge in [0.2, 0.25) is 0 Å². The molecule has 96 valence electrons. The summed E-state index contributed by atoms with van der Waals surface area (Å²) < 4.78 is 12.6. The Balaban J connectivity index is 3.07. The van der Waals surface area contributed by atoms with Crippen molar-refractivity contribution in [1.82, 2.24) is 0 Å². The lowest BCUT2D eigenvalue weighted by molar-refractivity contribution is -0.143. The molecule has 1 atom stereocenters. The fourth-order valence-corrected chi connectivity index (χ4v) is 1.76. The summed E-state index contributed by atoms with van der Waals surface area (Å²) in [5.74, 6) is -1.32. The molecule has 0 aromatic rings. The van der Waals surface area contributed by atoms with Crippen LogP contribution >= 0.6 is 0 Å². The van der Waals surface area contributed by atoms with Crippen molar-refractivity contribution in [3.05, 3.63) is 0 Å². The van der Waals surface area contributed by atoms with Gasteiger partial charge in [-0.05, 0) is 12.8 Å². The molecule has 0 saturated heterocycles. The number of unbranched alkanes of at least 4 members (excludes halogenated alkanes) is 8. The van der Waals surface area contributed by atoms with Crippen molar-refractivity contribution in [3.63, 3.8) is 0 Å². The Morgan fingerprint density at radius 1 is 1.00 bits per heavy atom. The minimum Gasteiger partial charge on any atom is -0.479 e. The van der Waals surface area contributed by atoms with Crippen LogP contribution < -0.4 is 0 Å². The quantitative estimate of drug-likeness (QED) is 0.538. The zero-order valence-electron chi connectivity index (χ0n) is 10.4.